The number of hydrogen-bond acceptors (Lipinski definition) is 1. The summed E-state index contributed by atoms with van der Waals surface area (Å²) in [5.74, 6) is 0. The molecule has 0 aliphatic heterocycles. The maximum atomic E-state index is 3.44. The first-order chi connectivity index (χ1) is 7.31. The highest BCUT2D eigenvalue weighted by Crippen LogP contribution is 2.10. The molecule has 15 heavy (non-hydrogen) atoms. The third-order valence-corrected chi connectivity index (χ3v) is 2.71. The topological polar surface area (TPSA) is 16.4 Å². The summed E-state index contributed by atoms with van der Waals surface area (Å²) < 4.78 is 2.26. The molecule has 0 aliphatic rings. The molecular formula is C13H18N2. The minimum atomic E-state index is 0.531. The van der Waals surface area contributed by atoms with Gasteiger partial charge in [-0.05, 0) is 37.7 Å². The molecular weight excluding hydrogens is 184 g/mol. The smallest absolute Gasteiger partial charge is 0.0452 e. The van der Waals surface area contributed by atoms with Gasteiger partial charge < -0.3 is 9.72 Å². The van der Waals surface area contributed by atoms with E-state index >= 15 is 0 Å². The summed E-state index contributed by atoms with van der Waals surface area (Å²) in [6.45, 7) is 5.40. The molecule has 2 aromatic heterocycles. The van der Waals surface area contributed by atoms with Crippen molar-refractivity contribution < 1.29 is 0 Å². The van der Waals surface area contributed by atoms with E-state index in [1.165, 1.54) is 11.2 Å². The Labute approximate surface area is 90.9 Å². The van der Waals surface area contributed by atoms with Crippen molar-refractivity contribution in [1.29, 1.82) is 0 Å². The largest absolute Gasteiger partial charge is 0.321 e. The second-order valence-corrected chi connectivity index (χ2v) is 3.98. The summed E-state index contributed by atoms with van der Waals surface area (Å²) >= 11 is 0. The van der Waals surface area contributed by atoms with Crippen molar-refractivity contribution in [2.75, 3.05) is 6.54 Å². The Balaban J connectivity index is 2.23. The number of nitrogens with one attached hydrogen (secondary N) is 1. The van der Waals surface area contributed by atoms with Crippen molar-refractivity contribution in [1.82, 2.24) is 9.72 Å². The van der Waals surface area contributed by atoms with Crippen LogP contribution in [0.15, 0.2) is 36.5 Å². The van der Waals surface area contributed by atoms with Crippen LogP contribution in [0, 0.1) is 0 Å². The van der Waals surface area contributed by atoms with Crippen LogP contribution in [0.5, 0.6) is 0 Å². The zero-order valence-corrected chi connectivity index (χ0v) is 9.40. The van der Waals surface area contributed by atoms with Crippen LogP contribution in [0.1, 0.15) is 19.5 Å². The van der Waals surface area contributed by atoms with Crippen LogP contribution in [0.4, 0.5) is 0 Å². The molecule has 0 spiro atoms. The lowest BCUT2D eigenvalue weighted by molar-refractivity contribution is 0.557. The highest BCUT2D eigenvalue weighted by Gasteiger charge is 2.04. The van der Waals surface area contributed by atoms with Gasteiger partial charge in [-0.2, -0.15) is 0 Å². The van der Waals surface area contributed by atoms with Gasteiger partial charge in [0.05, 0.1) is 0 Å². The summed E-state index contributed by atoms with van der Waals surface area (Å²) in [4.78, 5) is 0. The molecule has 80 valence electrons. The number of nitrogens with zero attached hydrogens (tertiary/aromatic N) is 1. The summed E-state index contributed by atoms with van der Waals surface area (Å²) in [6, 6.07) is 11.2. The molecule has 0 aliphatic carbocycles. The van der Waals surface area contributed by atoms with Gasteiger partial charge in [-0.1, -0.05) is 13.0 Å². The average Bonchev–Trinajstić information content (AvgIpc) is 2.67. The van der Waals surface area contributed by atoms with Crippen molar-refractivity contribution in [2.45, 2.75) is 26.3 Å². The van der Waals surface area contributed by atoms with Crippen LogP contribution < -0.4 is 5.32 Å². The molecule has 2 nitrogen and oxygen atoms in total. The van der Waals surface area contributed by atoms with Gasteiger partial charge in [0.25, 0.3) is 0 Å². The van der Waals surface area contributed by atoms with E-state index < -0.39 is 0 Å². The second kappa shape index (κ2) is 4.49. The molecule has 2 rings (SSSR count). The maximum Gasteiger partial charge on any atom is 0.0452 e. The van der Waals surface area contributed by atoms with Gasteiger partial charge in [-0.15, -0.1) is 0 Å². The van der Waals surface area contributed by atoms with E-state index in [2.05, 4.69) is 60.1 Å². The Morgan fingerprint density at radius 1 is 1.27 bits per heavy atom. The zero-order chi connectivity index (χ0) is 10.7. The van der Waals surface area contributed by atoms with Crippen molar-refractivity contribution in [2.24, 2.45) is 0 Å². The van der Waals surface area contributed by atoms with Gasteiger partial charge in [0.15, 0.2) is 0 Å². The molecule has 2 aromatic rings. The summed E-state index contributed by atoms with van der Waals surface area (Å²) in [5, 5.41) is 3.44. The Morgan fingerprint density at radius 2 is 2.07 bits per heavy atom. The summed E-state index contributed by atoms with van der Waals surface area (Å²) in [5.41, 5.74) is 2.64. The third kappa shape index (κ3) is 2.21. The molecule has 0 amide bonds. The van der Waals surface area contributed by atoms with E-state index in [9.17, 15) is 0 Å². The minimum absolute atomic E-state index is 0.531. The first kappa shape index (κ1) is 10.2. The van der Waals surface area contributed by atoms with Crippen LogP contribution >= 0.6 is 0 Å². The van der Waals surface area contributed by atoms with E-state index in [0.717, 1.165) is 13.0 Å². The number of fused-ring (bicyclic) bond motifs is 1. The molecule has 2 heteroatoms. The second-order valence-electron chi connectivity index (χ2n) is 3.98. The lowest BCUT2D eigenvalue weighted by Crippen LogP contribution is -2.28. The fourth-order valence-electron chi connectivity index (χ4n) is 2.03. The molecule has 1 N–H and O–H groups in total. The van der Waals surface area contributed by atoms with Crippen molar-refractivity contribution in [3.63, 3.8) is 0 Å². The van der Waals surface area contributed by atoms with Crippen molar-refractivity contribution in [3.8, 4) is 0 Å². The Morgan fingerprint density at radius 3 is 2.87 bits per heavy atom. The van der Waals surface area contributed by atoms with Gasteiger partial charge in [-0.3, -0.25) is 0 Å². The Bertz CT molecular complexity index is 431. The normalized spacial score (nSPS) is 13.2. The average molecular weight is 202 g/mol. The van der Waals surface area contributed by atoms with Gasteiger partial charge >= 0.3 is 0 Å². The van der Waals surface area contributed by atoms with Gasteiger partial charge in [0.1, 0.15) is 0 Å². The fourth-order valence-corrected chi connectivity index (χ4v) is 2.03. The Hall–Kier alpha value is -1.28. The van der Waals surface area contributed by atoms with Crippen LogP contribution in [-0.4, -0.2) is 17.0 Å². The zero-order valence-electron chi connectivity index (χ0n) is 9.40. The van der Waals surface area contributed by atoms with Crippen LogP contribution in [0.25, 0.3) is 5.52 Å². The lowest BCUT2D eigenvalue weighted by atomic mass is 10.1. The monoisotopic (exact) mass is 202 g/mol. The van der Waals surface area contributed by atoms with Gasteiger partial charge in [0.2, 0.25) is 0 Å². The quantitative estimate of drug-likeness (QED) is 0.805. The lowest BCUT2D eigenvalue weighted by Gasteiger charge is -2.13. The molecule has 0 aromatic carbocycles. The van der Waals surface area contributed by atoms with E-state index in [1.54, 1.807) is 0 Å². The number of likely N-dealkylation sites (N-methyl/N-ethyl adjacent to an activating group) is 1. The summed E-state index contributed by atoms with van der Waals surface area (Å²) in [7, 11) is 0. The van der Waals surface area contributed by atoms with Crippen molar-refractivity contribution in [3.05, 3.63) is 42.2 Å². The minimum Gasteiger partial charge on any atom is -0.321 e. The first-order valence-electron chi connectivity index (χ1n) is 5.59. The van der Waals surface area contributed by atoms with Crippen LogP contribution in [0.3, 0.4) is 0 Å². The van der Waals surface area contributed by atoms with E-state index in [-0.39, 0.29) is 0 Å². The van der Waals surface area contributed by atoms with E-state index in [0.29, 0.717) is 6.04 Å². The predicted molar refractivity (Wildman–Crippen MR) is 64.2 cm³/mol. The molecule has 2 heterocycles. The number of rotatable bonds is 4. The molecule has 0 radical (unpaired) electrons. The number of pyridine rings is 1. The first-order valence-corrected chi connectivity index (χ1v) is 5.59. The number of aromatic nitrogens is 1. The fraction of sp³-hybridized carbons (Fsp3) is 0.385. The molecule has 0 fully saturated rings. The predicted octanol–water partition coefficient (Wildman–Crippen LogP) is 2.48. The molecule has 0 bridgehead atoms. The van der Waals surface area contributed by atoms with E-state index in [1.807, 2.05) is 0 Å². The molecule has 1 unspecified atom stereocenters. The molecule has 1 atom stereocenters. The standard InChI is InChI=1S/C13H18N2/c1-3-14-11(2)10-13-7-4-6-12-8-5-9-15(12)13/h4-9,11,14H,3,10H2,1-2H3. The highest BCUT2D eigenvalue weighted by atomic mass is 14.9. The molecule has 0 saturated carbocycles. The maximum absolute atomic E-state index is 3.44. The summed E-state index contributed by atoms with van der Waals surface area (Å²) in [6.07, 6.45) is 3.20. The van der Waals surface area contributed by atoms with Crippen molar-refractivity contribution >= 4 is 5.52 Å². The van der Waals surface area contributed by atoms with E-state index in [4.69, 9.17) is 0 Å². The van der Waals surface area contributed by atoms with Gasteiger partial charge in [0, 0.05) is 29.9 Å². The SMILES string of the molecule is CCNC(C)Cc1cccc2cccn12. The van der Waals surface area contributed by atoms with Gasteiger partial charge in [-0.25, -0.2) is 0 Å². The highest BCUT2D eigenvalue weighted by molar-refractivity contribution is 5.48. The van der Waals surface area contributed by atoms with Crippen LogP contribution in [-0.2, 0) is 6.42 Å². The van der Waals surface area contributed by atoms with Crippen LogP contribution in [0.2, 0.25) is 0 Å². The molecule has 0 saturated heterocycles. The third-order valence-electron chi connectivity index (χ3n) is 2.71. The number of hydrogen-bond donors (Lipinski definition) is 1. The Kier molecular flexibility index (Phi) is 3.07.